The topological polar surface area (TPSA) is 9.86 Å². The van der Waals surface area contributed by atoms with Gasteiger partial charge in [0, 0.05) is 32.9 Å². The summed E-state index contributed by atoms with van der Waals surface area (Å²) in [6.45, 7) is 0. The maximum Gasteiger partial charge on any atom is 0.0541 e. The van der Waals surface area contributed by atoms with E-state index < -0.39 is 0 Å². The normalized spacial score (nSPS) is 12.0. The first kappa shape index (κ1) is 33.1. The number of rotatable bonds is 5. The van der Waals surface area contributed by atoms with Gasteiger partial charge in [0.2, 0.25) is 0 Å². The van der Waals surface area contributed by atoms with Crippen molar-refractivity contribution in [1.29, 1.82) is 0 Å². The van der Waals surface area contributed by atoms with Gasteiger partial charge in [-0.05, 0) is 127 Å². The lowest BCUT2D eigenvalue weighted by Crippen LogP contribution is -1.94. The zero-order valence-electron chi connectivity index (χ0n) is 32.7. The molecule has 1 aliphatic rings. The van der Waals surface area contributed by atoms with Crippen LogP contribution in [0.3, 0.4) is 0 Å². The molecule has 0 spiro atoms. The van der Waals surface area contributed by atoms with Crippen LogP contribution in [0, 0.1) is 0 Å². The standard InChI is InChI=1S/C58H36N2/c1-2-13-42(14-3-1)59-54-22-8-6-18-47(54)52-35-40(28-32-56(52)59)41-29-33-57-53(36-41)48-19-7-9-23-55(48)60(57)43-15-10-12-39(34-43)37-24-26-38(27-25-37)44-30-31-51-46-17-5-4-16-45(46)50-21-11-20-49(44)58(50)51/h1-36H. The third-order valence-electron chi connectivity index (χ3n) is 12.9. The fourth-order valence-corrected chi connectivity index (χ4v) is 10.2. The number of nitrogens with zero attached hydrogens (tertiary/aromatic N) is 2. The molecule has 2 heteroatoms. The van der Waals surface area contributed by atoms with Gasteiger partial charge in [-0.1, -0.05) is 158 Å². The summed E-state index contributed by atoms with van der Waals surface area (Å²) in [5, 5.41) is 7.69. The van der Waals surface area contributed by atoms with Crippen molar-refractivity contribution in [2.45, 2.75) is 0 Å². The quantitative estimate of drug-likeness (QED) is 0.165. The molecule has 0 fully saturated rings. The summed E-state index contributed by atoms with van der Waals surface area (Å²) in [5.74, 6) is 0. The number of aromatic nitrogens is 2. The van der Waals surface area contributed by atoms with Crippen LogP contribution in [0.25, 0.3) is 121 Å². The van der Waals surface area contributed by atoms with E-state index in [2.05, 4.69) is 228 Å². The minimum absolute atomic E-state index is 1.15. The molecule has 0 saturated carbocycles. The summed E-state index contributed by atoms with van der Waals surface area (Å²) in [6, 6.07) is 80.4. The average Bonchev–Trinajstić information content (AvgIpc) is 3.96. The summed E-state index contributed by atoms with van der Waals surface area (Å²) < 4.78 is 4.80. The van der Waals surface area contributed by atoms with Crippen LogP contribution in [0.5, 0.6) is 0 Å². The highest BCUT2D eigenvalue weighted by atomic mass is 15.0. The van der Waals surface area contributed by atoms with Crippen molar-refractivity contribution in [2.75, 3.05) is 0 Å². The molecule has 0 radical (unpaired) electrons. The van der Waals surface area contributed by atoms with Crippen molar-refractivity contribution in [2.24, 2.45) is 0 Å². The van der Waals surface area contributed by atoms with Gasteiger partial charge in [0.15, 0.2) is 0 Å². The lowest BCUT2D eigenvalue weighted by molar-refractivity contribution is 1.18. The summed E-state index contributed by atoms with van der Waals surface area (Å²) in [7, 11) is 0. The van der Waals surface area contributed by atoms with E-state index in [9.17, 15) is 0 Å². The molecular weight excluding hydrogens is 725 g/mol. The molecule has 2 aromatic heterocycles. The van der Waals surface area contributed by atoms with Crippen molar-refractivity contribution >= 4 is 54.4 Å². The monoisotopic (exact) mass is 760 g/mol. The van der Waals surface area contributed by atoms with Gasteiger partial charge in [0.1, 0.15) is 0 Å². The molecule has 13 rings (SSSR count). The SMILES string of the molecule is c1ccc(-n2c3ccccc3c3cc(-c4ccc5c(c4)c4ccccc4n5-c4cccc(-c5ccc(-c6ccc7c8c(cccc68)-c6ccccc6-7)cc5)c4)ccc32)cc1. The first-order valence-electron chi connectivity index (χ1n) is 20.8. The van der Waals surface area contributed by atoms with E-state index >= 15 is 0 Å². The van der Waals surface area contributed by atoms with Crippen LogP contribution in [0.4, 0.5) is 0 Å². The molecule has 60 heavy (non-hydrogen) atoms. The smallest absolute Gasteiger partial charge is 0.0541 e. The Hall–Kier alpha value is -7.94. The lowest BCUT2D eigenvalue weighted by atomic mass is 9.93. The summed E-state index contributed by atoms with van der Waals surface area (Å²) >= 11 is 0. The minimum atomic E-state index is 1.15. The van der Waals surface area contributed by atoms with Gasteiger partial charge in [0.25, 0.3) is 0 Å². The van der Waals surface area contributed by atoms with Gasteiger partial charge in [-0.15, -0.1) is 0 Å². The summed E-state index contributed by atoms with van der Waals surface area (Å²) in [4.78, 5) is 0. The van der Waals surface area contributed by atoms with E-state index in [0.29, 0.717) is 0 Å². The van der Waals surface area contributed by atoms with Gasteiger partial charge in [-0.3, -0.25) is 0 Å². The fraction of sp³-hybridized carbons (Fsp3) is 0. The molecule has 0 N–H and O–H groups in total. The second-order valence-electron chi connectivity index (χ2n) is 16.1. The van der Waals surface area contributed by atoms with E-state index in [1.165, 1.54) is 116 Å². The summed E-state index contributed by atoms with van der Waals surface area (Å²) in [6.07, 6.45) is 0. The van der Waals surface area contributed by atoms with Crippen LogP contribution in [0.2, 0.25) is 0 Å². The average molecular weight is 761 g/mol. The van der Waals surface area contributed by atoms with Crippen LogP contribution >= 0.6 is 0 Å². The first-order chi connectivity index (χ1) is 29.8. The molecular formula is C58H36N2. The van der Waals surface area contributed by atoms with E-state index in [0.717, 1.165) is 5.69 Å². The van der Waals surface area contributed by atoms with Gasteiger partial charge < -0.3 is 9.13 Å². The Balaban J connectivity index is 0.882. The predicted molar refractivity (Wildman–Crippen MR) is 253 cm³/mol. The zero-order valence-corrected chi connectivity index (χ0v) is 32.7. The van der Waals surface area contributed by atoms with Crippen molar-refractivity contribution in [3.8, 4) is 67.0 Å². The van der Waals surface area contributed by atoms with E-state index in [4.69, 9.17) is 0 Å². The van der Waals surface area contributed by atoms with Gasteiger partial charge in [-0.2, -0.15) is 0 Å². The molecule has 0 atom stereocenters. The van der Waals surface area contributed by atoms with Crippen molar-refractivity contribution < 1.29 is 0 Å². The lowest BCUT2D eigenvalue weighted by Gasteiger charge is -2.12. The van der Waals surface area contributed by atoms with Crippen molar-refractivity contribution in [3.63, 3.8) is 0 Å². The van der Waals surface area contributed by atoms with Crippen molar-refractivity contribution in [1.82, 2.24) is 9.13 Å². The highest BCUT2D eigenvalue weighted by Crippen LogP contribution is 2.49. The van der Waals surface area contributed by atoms with E-state index in [1.54, 1.807) is 0 Å². The summed E-state index contributed by atoms with van der Waals surface area (Å²) in [5.41, 5.74) is 19.8. The Morgan fingerprint density at radius 2 is 0.667 bits per heavy atom. The van der Waals surface area contributed by atoms with Gasteiger partial charge >= 0.3 is 0 Å². The number of benzene rings is 10. The number of hydrogen-bond acceptors (Lipinski definition) is 0. The molecule has 12 aromatic rings. The number of hydrogen-bond donors (Lipinski definition) is 0. The third kappa shape index (κ3) is 4.82. The van der Waals surface area contributed by atoms with Crippen LogP contribution < -0.4 is 0 Å². The Morgan fingerprint density at radius 3 is 1.35 bits per heavy atom. The molecule has 2 heterocycles. The Labute approximate surface area is 347 Å². The van der Waals surface area contributed by atoms with E-state index in [-0.39, 0.29) is 0 Å². The molecule has 1 aliphatic carbocycles. The number of fused-ring (bicyclic) bond motifs is 9. The third-order valence-corrected chi connectivity index (χ3v) is 12.9. The highest BCUT2D eigenvalue weighted by Gasteiger charge is 2.22. The maximum atomic E-state index is 2.42. The predicted octanol–water partition coefficient (Wildman–Crippen LogP) is 15.7. The maximum absolute atomic E-state index is 2.42. The Bertz CT molecular complexity index is 3670. The molecule has 0 unspecified atom stereocenters. The number of para-hydroxylation sites is 3. The molecule has 10 aromatic carbocycles. The van der Waals surface area contributed by atoms with Crippen LogP contribution in [-0.4, -0.2) is 9.13 Å². The fourth-order valence-electron chi connectivity index (χ4n) is 10.2. The second kappa shape index (κ2) is 12.8. The van der Waals surface area contributed by atoms with Crippen LogP contribution in [0.1, 0.15) is 0 Å². The largest absolute Gasteiger partial charge is 0.309 e. The zero-order chi connectivity index (χ0) is 39.3. The van der Waals surface area contributed by atoms with Crippen LogP contribution in [-0.2, 0) is 0 Å². The Morgan fingerprint density at radius 1 is 0.217 bits per heavy atom. The van der Waals surface area contributed by atoms with E-state index in [1.807, 2.05) is 0 Å². The molecule has 278 valence electrons. The second-order valence-corrected chi connectivity index (χ2v) is 16.1. The van der Waals surface area contributed by atoms with Crippen molar-refractivity contribution in [3.05, 3.63) is 218 Å². The molecule has 0 aliphatic heterocycles. The molecule has 0 amide bonds. The Kier molecular flexibility index (Phi) is 7.05. The minimum Gasteiger partial charge on any atom is -0.309 e. The van der Waals surface area contributed by atoms with Crippen LogP contribution in [0.15, 0.2) is 218 Å². The van der Waals surface area contributed by atoms with Gasteiger partial charge in [-0.25, -0.2) is 0 Å². The van der Waals surface area contributed by atoms with Gasteiger partial charge in [0.05, 0.1) is 22.1 Å². The molecule has 0 bridgehead atoms. The highest BCUT2D eigenvalue weighted by molar-refractivity contribution is 6.19. The molecule has 0 saturated heterocycles. The molecule has 2 nitrogen and oxygen atoms in total. The first-order valence-corrected chi connectivity index (χ1v) is 20.8.